The van der Waals surface area contributed by atoms with Gasteiger partial charge in [0.2, 0.25) is 0 Å². The first kappa shape index (κ1) is 17.1. The van der Waals surface area contributed by atoms with E-state index in [1.165, 1.54) is 37.8 Å². The summed E-state index contributed by atoms with van der Waals surface area (Å²) < 4.78 is 5.52. The molecule has 0 bridgehead atoms. The van der Waals surface area contributed by atoms with Crippen LogP contribution in [0.2, 0.25) is 10.0 Å². The number of rotatable bonds is 9. The van der Waals surface area contributed by atoms with Gasteiger partial charge in [-0.05, 0) is 18.6 Å². The summed E-state index contributed by atoms with van der Waals surface area (Å²) in [6.45, 7) is 2.65. The summed E-state index contributed by atoms with van der Waals surface area (Å²) in [7, 11) is 0. The molecule has 0 fully saturated rings. The Bertz CT molecular complexity index is 447. The predicted molar refractivity (Wildman–Crippen MR) is 82.3 cm³/mol. The fourth-order valence-corrected chi connectivity index (χ4v) is 2.47. The second-order valence-corrected chi connectivity index (χ2v) is 5.53. The maximum absolute atomic E-state index is 11.1. The summed E-state index contributed by atoms with van der Waals surface area (Å²) >= 11 is 11.8. The first-order chi connectivity index (χ1) is 9.56. The van der Waals surface area contributed by atoms with Crippen LogP contribution in [-0.2, 0) is 0 Å². The van der Waals surface area contributed by atoms with Crippen LogP contribution in [0.3, 0.4) is 0 Å². The molecule has 1 N–H and O–H groups in total. The molecule has 0 saturated heterocycles. The third-order valence-electron chi connectivity index (χ3n) is 2.98. The van der Waals surface area contributed by atoms with E-state index in [0.717, 1.165) is 12.8 Å². The molecule has 0 unspecified atom stereocenters. The van der Waals surface area contributed by atoms with Crippen molar-refractivity contribution in [2.75, 3.05) is 6.61 Å². The highest BCUT2D eigenvalue weighted by atomic mass is 35.5. The molecule has 0 aromatic heterocycles. The molecular formula is C15H20Cl2O3. The van der Waals surface area contributed by atoms with E-state index in [4.69, 9.17) is 33.0 Å². The topological polar surface area (TPSA) is 46.5 Å². The smallest absolute Gasteiger partial charge is 0.339 e. The van der Waals surface area contributed by atoms with Gasteiger partial charge in [0.25, 0.3) is 0 Å². The number of aromatic carboxylic acids is 1. The SMILES string of the molecule is CCCCCCCCOc1c(Cl)cc(Cl)cc1C(=O)O. The minimum Gasteiger partial charge on any atom is -0.491 e. The van der Waals surface area contributed by atoms with Gasteiger partial charge in [-0.2, -0.15) is 0 Å². The number of carbonyl (C=O) groups is 1. The van der Waals surface area contributed by atoms with E-state index in [-0.39, 0.29) is 16.3 Å². The van der Waals surface area contributed by atoms with Crippen LogP contribution in [0.1, 0.15) is 55.8 Å². The number of benzene rings is 1. The Labute approximate surface area is 129 Å². The quantitative estimate of drug-likeness (QED) is 0.617. The van der Waals surface area contributed by atoms with E-state index in [1.807, 2.05) is 0 Å². The summed E-state index contributed by atoms with van der Waals surface area (Å²) in [6, 6.07) is 2.85. The average Bonchev–Trinajstić information content (AvgIpc) is 2.39. The van der Waals surface area contributed by atoms with Gasteiger partial charge >= 0.3 is 5.97 Å². The Morgan fingerprint density at radius 2 is 1.80 bits per heavy atom. The summed E-state index contributed by atoms with van der Waals surface area (Å²) in [5.41, 5.74) is 0.00785. The molecule has 0 saturated carbocycles. The number of ether oxygens (including phenoxy) is 1. The van der Waals surface area contributed by atoms with E-state index in [1.54, 1.807) is 0 Å². The lowest BCUT2D eigenvalue weighted by Gasteiger charge is -2.11. The minimum absolute atomic E-state index is 0.00785. The number of hydrogen-bond acceptors (Lipinski definition) is 2. The lowest BCUT2D eigenvalue weighted by Crippen LogP contribution is -2.05. The second kappa shape index (κ2) is 9.09. The summed E-state index contributed by atoms with van der Waals surface area (Å²) in [5.74, 6) is -0.885. The zero-order chi connectivity index (χ0) is 15.0. The van der Waals surface area contributed by atoms with Crippen molar-refractivity contribution in [2.45, 2.75) is 45.4 Å². The van der Waals surface area contributed by atoms with Gasteiger partial charge in [0.15, 0.2) is 5.75 Å². The van der Waals surface area contributed by atoms with Crippen molar-refractivity contribution in [2.24, 2.45) is 0 Å². The molecule has 0 aliphatic heterocycles. The van der Waals surface area contributed by atoms with E-state index >= 15 is 0 Å². The molecule has 0 aliphatic rings. The fraction of sp³-hybridized carbons (Fsp3) is 0.533. The molecule has 1 aromatic rings. The highest BCUT2D eigenvalue weighted by Gasteiger charge is 2.16. The molecule has 0 aliphatic carbocycles. The Balaban J connectivity index is 2.49. The normalized spacial score (nSPS) is 10.6. The van der Waals surface area contributed by atoms with Crippen LogP contribution < -0.4 is 4.74 Å². The van der Waals surface area contributed by atoms with Gasteiger partial charge in [0.05, 0.1) is 11.6 Å². The number of hydrogen-bond donors (Lipinski definition) is 1. The van der Waals surface area contributed by atoms with Crippen LogP contribution in [0.15, 0.2) is 12.1 Å². The molecule has 3 nitrogen and oxygen atoms in total. The van der Waals surface area contributed by atoms with E-state index < -0.39 is 5.97 Å². The van der Waals surface area contributed by atoms with E-state index in [0.29, 0.717) is 11.6 Å². The van der Waals surface area contributed by atoms with Crippen LogP contribution in [0.25, 0.3) is 0 Å². The van der Waals surface area contributed by atoms with Crippen molar-refractivity contribution in [1.29, 1.82) is 0 Å². The molecule has 0 radical (unpaired) electrons. The molecule has 0 amide bonds. The maximum Gasteiger partial charge on any atom is 0.339 e. The molecule has 1 rings (SSSR count). The molecule has 5 heteroatoms. The third kappa shape index (κ3) is 5.59. The molecule has 20 heavy (non-hydrogen) atoms. The van der Waals surface area contributed by atoms with Crippen LogP contribution >= 0.6 is 23.2 Å². The first-order valence-corrected chi connectivity index (χ1v) is 7.67. The van der Waals surface area contributed by atoms with Gasteiger partial charge in [0, 0.05) is 5.02 Å². The predicted octanol–water partition coefficient (Wildman–Crippen LogP) is 5.43. The average molecular weight is 319 g/mol. The number of carboxylic acids is 1. The van der Waals surface area contributed by atoms with Crippen molar-refractivity contribution in [3.63, 3.8) is 0 Å². The molecule has 112 valence electrons. The maximum atomic E-state index is 11.1. The van der Waals surface area contributed by atoms with Crippen LogP contribution in [0.5, 0.6) is 5.75 Å². The lowest BCUT2D eigenvalue weighted by atomic mass is 10.1. The minimum atomic E-state index is -1.09. The summed E-state index contributed by atoms with van der Waals surface area (Å²) in [4.78, 5) is 11.1. The monoisotopic (exact) mass is 318 g/mol. The van der Waals surface area contributed by atoms with Crippen LogP contribution in [0.4, 0.5) is 0 Å². The van der Waals surface area contributed by atoms with E-state index in [9.17, 15) is 4.79 Å². The molecule has 0 heterocycles. The second-order valence-electron chi connectivity index (χ2n) is 4.69. The fourth-order valence-electron chi connectivity index (χ4n) is 1.92. The molecule has 0 spiro atoms. The molecule has 0 atom stereocenters. The Morgan fingerprint density at radius 3 is 2.45 bits per heavy atom. The first-order valence-electron chi connectivity index (χ1n) is 6.91. The Morgan fingerprint density at radius 1 is 1.15 bits per heavy atom. The van der Waals surface area contributed by atoms with Gasteiger partial charge in [-0.25, -0.2) is 4.79 Å². The number of halogens is 2. The van der Waals surface area contributed by atoms with Gasteiger partial charge in [0.1, 0.15) is 5.56 Å². The van der Waals surface area contributed by atoms with Crippen molar-refractivity contribution in [3.05, 3.63) is 27.7 Å². The van der Waals surface area contributed by atoms with E-state index in [2.05, 4.69) is 6.92 Å². The molecular weight excluding hydrogens is 299 g/mol. The zero-order valence-electron chi connectivity index (χ0n) is 11.6. The summed E-state index contributed by atoms with van der Waals surface area (Å²) in [5, 5.41) is 9.65. The largest absolute Gasteiger partial charge is 0.491 e. The third-order valence-corrected chi connectivity index (χ3v) is 3.48. The highest BCUT2D eigenvalue weighted by Crippen LogP contribution is 2.32. The Kier molecular flexibility index (Phi) is 7.78. The van der Waals surface area contributed by atoms with Gasteiger partial charge in [-0.1, -0.05) is 62.2 Å². The lowest BCUT2D eigenvalue weighted by molar-refractivity contribution is 0.0692. The molecule has 1 aromatic carbocycles. The van der Waals surface area contributed by atoms with Gasteiger partial charge < -0.3 is 9.84 Å². The van der Waals surface area contributed by atoms with Gasteiger partial charge in [-0.15, -0.1) is 0 Å². The summed E-state index contributed by atoms with van der Waals surface area (Å²) in [6.07, 6.45) is 6.86. The Hall–Kier alpha value is -0.930. The number of carboxylic acid groups (broad SMARTS) is 1. The van der Waals surface area contributed by atoms with Crippen molar-refractivity contribution < 1.29 is 14.6 Å². The number of unbranched alkanes of at least 4 members (excludes halogenated alkanes) is 5. The van der Waals surface area contributed by atoms with Crippen LogP contribution in [0, 0.1) is 0 Å². The standard InChI is InChI=1S/C15H20Cl2O3/c1-2-3-4-5-6-7-8-20-14-12(15(18)19)9-11(16)10-13(14)17/h9-10H,2-8H2,1H3,(H,18,19). The van der Waals surface area contributed by atoms with Crippen molar-refractivity contribution >= 4 is 29.2 Å². The van der Waals surface area contributed by atoms with Crippen molar-refractivity contribution in [1.82, 2.24) is 0 Å². The van der Waals surface area contributed by atoms with Gasteiger partial charge in [-0.3, -0.25) is 0 Å². The highest BCUT2D eigenvalue weighted by molar-refractivity contribution is 6.36. The van der Waals surface area contributed by atoms with Crippen molar-refractivity contribution in [3.8, 4) is 5.75 Å². The zero-order valence-corrected chi connectivity index (χ0v) is 13.1. The van der Waals surface area contributed by atoms with Crippen LogP contribution in [-0.4, -0.2) is 17.7 Å².